The molecular formula is C21H22O5S2. The lowest BCUT2D eigenvalue weighted by Crippen LogP contribution is -2.14. The van der Waals surface area contributed by atoms with Gasteiger partial charge in [-0.15, -0.1) is 23.5 Å². The van der Waals surface area contributed by atoms with Crippen LogP contribution in [-0.4, -0.2) is 44.1 Å². The summed E-state index contributed by atoms with van der Waals surface area (Å²) in [6.45, 7) is -0.329. The molecule has 1 aliphatic heterocycles. The van der Waals surface area contributed by atoms with Crippen LogP contribution in [0.5, 0.6) is 11.5 Å². The summed E-state index contributed by atoms with van der Waals surface area (Å²) in [6.07, 6.45) is 1.24. The van der Waals surface area contributed by atoms with Gasteiger partial charge in [0.2, 0.25) is 0 Å². The third kappa shape index (κ3) is 5.02. The maximum Gasteiger partial charge on any atom is 0.338 e. The highest BCUT2D eigenvalue weighted by Gasteiger charge is 2.18. The number of esters is 1. The molecule has 0 amide bonds. The van der Waals surface area contributed by atoms with Gasteiger partial charge in [-0.3, -0.25) is 4.79 Å². The van der Waals surface area contributed by atoms with E-state index >= 15 is 0 Å². The molecule has 0 unspecified atom stereocenters. The lowest BCUT2D eigenvalue weighted by atomic mass is 10.1. The van der Waals surface area contributed by atoms with E-state index in [1.54, 1.807) is 30.3 Å². The number of thioether (sulfide) groups is 2. The molecule has 0 aliphatic carbocycles. The molecule has 7 heteroatoms. The van der Waals surface area contributed by atoms with Crippen LogP contribution in [0.2, 0.25) is 0 Å². The molecule has 2 aromatic rings. The highest BCUT2D eigenvalue weighted by Crippen LogP contribution is 2.43. The van der Waals surface area contributed by atoms with E-state index < -0.39 is 5.97 Å². The van der Waals surface area contributed by atoms with Crippen LogP contribution >= 0.6 is 23.5 Å². The smallest absolute Gasteiger partial charge is 0.338 e. The monoisotopic (exact) mass is 418 g/mol. The van der Waals surface area contributed by atoms with Gasteiger partial charge in [-0.1, -0.05) is 12.1 Å². The van der Waals surface area contributed by atoms with Crippen molar-refractivity contribution >= 4 is 35.3 Å². The molecule has 0 aromatic heterocycles. The second-order valence-corrected chi connectivity index (χ2v) is 8.84. The number of hydrogen-bond donors (Lipinski definition) is 0. The van der Waals surface area contributed by atoms with Gasteiger partial charge >= 0.3 is 5.97 Å². The number of carbonyl (C=O) groups excluding carboxylic acids is 2. The molecule has 1 fully saturated rings. The summed E-state index contributed by atoms with van der Waals surface area (Å²) < 4.78 is 16.0. The lowest BCUT2D eigenvalue weighted by Gasteiger charge is -2.21. The van der Waals surface area contributed by atoms with Gasteiger partial charge in [0.1, 0.15) is 0 Å². The van der Waals surface area contributed by atoms with Crippen LogP contribution in [0.25, 0.3) is 0 Å². The molecule has 1 aliphatic rings. The number of ketones is 1. The Morgan fingerprint density at radius 3 is 2.21 bits per heavy atom. The normalized spacial score (nSPS) is 14.4. The van der Waals surface area contributed by atoms with E-state index in [1.807, 2.05) is 35.7 Å². The number of methoxy groups -OCH3 is 2. The van der Waals surface area contributed by atoms with Crippen molar-refractivity contribution in [3.05, 3.63) is 59.2 Å². The summed E-state index contributed by atoms with van der Waals surface area (Å²) in [5.41, 5.74) is 2.04. The molecule has 0 atom stereocenters. The molecule has 28 heavy (non-hydrogen) atoms. The Balaban J connectivity index is 1.58. The summed E-state index contributed by atoms with van der Waals surface area (Å²) in [5.74, 6) is 2.50. The average molecular weight is 419 g/mol. The Kier molecular flexibility index (Phi) is 7.28. The van der Waals surface area contributed by atoms with Gasteiger partial charge in [0, 0.05) is 5.56 Å². The lowest BCUT2D eigenvalue weighted by molar-refractivity contribution is 0.0474. The second-order valence-electron chi connectivity index (χ2n) is 6.12. The number of Topliss-reactive ketones (excluding diaryl/α,β-unsaturated/α-hetero) is 1. The second kappa shape index (κ2) is 9.89. The first-order chi connectivity index (χ1) is 13.6. The zero-order chi connectivity index (χ0) is 19.9. The zero-order valence-electron chi connectivity index (χ0n) is 15.8. The molecule has 0 saturated carbocycles. The van der Waals surface area contributed by atoms with Gasteiger partial charge < -0.3 is 14.2 Å². The highest BCUT2D eigenvalue weighted by molar-refractivity contribution is 8.16. The molecule has 0 spiro atoms. The molecule has 0 radical (unpaired) electrons. The van der Waals surface area contributed by atoms with E-state index in [2.05, 4.69) is 0 Å². The maximum absolute atomic E-state index is 12.3. The van der Waals surface area contributed by atoms with Crippen molar-refractivity contribution in [2.45, 2.75) is 11.0 Å². The summed E-state index contributed by atoms with van der Waals surface area (Å²) in [7, 11) is 3.03. The summed E-state index contributed by atoms with van der Waals surface area (Å²) >= 11 is 3.86. The van der Waals surface area contributed by atoms with Crippen molar-refractivity contribution in [1.29, 1.82) is 0 Å². The quantitative estimate of drug-likeness (QED) is 0.480. The van der Waals surface area contributed by atoms with Crippen LogP contribution in [-0.2, 0) is 4.74 Å². The van der Waals surface area contributed by atoms with E-state index in [0.717, 1.165) is 0 Å². The number of hydrogen-bond acceptors (Lipinski definition) is 7. The fourth-order valence-corrected chi connectivity index (χ4v) is 5.66. The van der Waals surface area contributed by atoms with Crippen molar-refractivity contribution in [2.24, 2.45) is 0 Å². The Bertz CT molecular complexity index is 829. The van der Waals surface area contributed by atoms with Crippen molar-refractivity contribution < 1.29 is 23.8 Å². The molecule has 2 aromatic carbocycles. The number of rotatable bonds is 7. The number of ether oxygens (including phenoxy) is 3. The third-order valence-electron chi connectivity index (χ3n) is 4.29. The summed E-state index contributed by atoms with van der Waals surface area (Å²) in [5, 5.41) is 0. The highest BCUT2D eigenvalue weighted by atomic mass is 32.2. The molecule has 0 bridgehead atoms. The fraction of sp³-hybridized carbons (Fsp3) is 0.333. The van der Waals surface area contributed by atoms with E-state index in [9.17, 15) is 9.59 Å². The van der Waals surface area contributed by atoms with E-state index in [1.165, 1.54) is 37.7 Å². The first kappa shape index (κ1) is 20.6. The van der Waals surface area contributed by atoms with Crippen molar-refractivity contribution in [3.8, 4) is 11.5 Å². The SMILES string of the molecule is COc1ccc(C(=O)COC(=O)c2ccc(C3SCCCS3)cc2)cc1OC. The van der Waals surface area contributed by atoms with Crippen LogP contribution < -0.4 is 9.47 Å². The number of benzene rings is 2. The number of carbonyl (C=O) groups is 2. The van der Waals surface area contributed by atoms with Crippen LogP contribution in [0.3, 0.4) is 0 Å². The minimum atomic E-state index is -0.510. The van der Waals surface area contributed by atoms with E-state index in [-0.39, 0.29) is 12.4 Å². The summed E-state index contributed by atoms with van der Waals surface area (Å²) in [4.78, 5) is 24.6. The van der Waals surface area contributed by atoms with E-state index in [0.29, 0.717) is 27.2 Å². The van der Waals surface area contributed by atoms with Crippen LogP contribution in [0.15, 0.2) is 42.5 Å². The van der Waals surface area contributed by atoms with Gasteiger partial charge in [-0.05, 0) is 53.8 Å². The predicted molar refractivity (Wildman–Crippen MR) is 113 cm³/mol. The minimum absolute atomic E-state index is 0.305. The fourth-order valence-electron chi connectivity index (χ4n) is 2.76. The molecule has 3 rings (SSSR count). The van der Waals surface area contributed by atoms with Crippen molar-refractivity contribution in [2.75, 3.05) is 32.3 Å². The molecule has 0 N–H and O–H groups in total. The average Bonchev–Trinajstić information content (AvgIpc) is 2.77. The standard InChI is InChI=1S/C21H22O5S2/c1-24-18-9-8-16(12-19(18)25-2)17(22)13-26-20(23)14-4-6-15(7-5-14)21-27-10-3-11-28-21/h4-9,12,21H,3,10-11,13H2,1-2H3. The van der Waals surface area contributed by atoms with E-state index in [4.69, 9.17) is 14.2 Å². The van der Waals surface area contributed by atoms with Gasteiger partial charge in [0.05, 0.1) is 24.4 Å². The zero-order valence-corrected chi connectivity index (χ0v) is 17.4. The summed E-state index contributed by atoms with van der Waals surface area (Å²) in [6, 6.07) is 12.3. The van der Waals surface area contributed by atoms with Gasteiger partial charge in [0.15, 0.2) is 23.9 Å². The first-order valence-corrected chi connectivity index (χ1v) is 11.0. The molecule has 1 heterocycles. The van der Waals surface area contributed by atoms with Crippen molar-refractivity contribution in [3.63, 3.8) is 0 Å². The topological polar surface area (TPSA) is 61.8 Å². The third-order valence-corrected chi connectivity index (χ3v) is 7.30. The van der Waals surface area contributed by atoms with Gasteiger partial charge in [-0.2, -0.15) is 0 Å². The largest absolute Gasteiger partial charge is 0.493 e. The maximum atomic E-state index is 12.3. The van der Waals surface area contributed by atoms with Crippen LogP contribution in [0.1, 0.15) is 37.3 Å². The Morgan fingerprint density at radius 2 is 1.57 bits per heavy atom. The van der Waals surface area contributed by atoms with Gasteiger partial charge in [-0.25, -0.2) is 4.79 Å². The van der Waals surface area contributed by atoms with Crippen LogP contribution in [0, 0.1) is 0 Å². The molecule has 1 saturated heterocycles. The van der Waals surface area contributed by atoms with Crippen molar-refractivity contribution in [1.82, 2.24) is 0 Å². The Labute approximate surface area is 173 Å². The Morgan fingerprint density at radius 1 is 0.929 bits per heavy atom. The van der Waals surface area contributed by atoms with Crippen LogP contribution in [0.4, 0.5) is 0 Å². The molecule has 5 nitrogen and oxygen atoms in total. The van der Waals surface area contributed by atoms with Gasteiger partial charge in [0.25, 0.3) is 0 Å². The molecule has 148 valence electrons. The molecular weight excluding hydrogens is 396 g/mol. The Hall–Kier alpha value is -2.12. The predicted octanol–water partition coefficient (Wildman–Crippen LogP) is 4.61. The first-order valence-electron chi connectivity index (χ1n) is 8.88. The minimum Gasteiger partial charge on any atom is -0.493 e.